The summed E-state index contributed by atoms with van der Waals surface area (Å²) in [7, 11) is 11.7. The zero-order valence-corrected chi connectivity index (χ0v) is 26.3. The van der Waals surface area contributed by atoms with Gasteiger partial charge in [0.15, 0.2) is 11.5 Å². The maximum Gasteiger partial charge on any atom is 0.164 e. The van der Waals surface area contributed by atoms with Gasteiger partial charge in [-0.3, -0.25) is 0 Å². The molecule has 1 aliphatic carbocycles. The second kappa shape index (κ2) is 13.7. The third-order valence-electron chi connectivity index (χ3n) is 8.22. The van der Waals surface area contributed by atoms with Crippen molar-refractivity contribution in [2.45, 2.75) is 38.0 Å². The van der Waals surface area contributed by atoms with Crippen molar-refractivity contribution in [1.82, 2.24) is 14.9 Å². The fraction of sp³-hybridized carbons (Fsp3) is 0.361. The average molecular weight is 581 g/mol. The summed E-state index contributed by atoms with van der Waals surface area (Å²) in [6.45, 7) is 0.625. The number of rotatable bonds is 12. The number of aromatic amines is 1. The molecule has 7 heteroatoms. The van der Waals surface area contributed by atoms with Crippen LogP contribution in [0.5, 0.6) is 17.2 Å². The van der Waals surface area contributed by atoms with Crippen molar-refractivity contribution in [3.8, 4) is 39.9 Å². The number of aryl methyl sites for hydroxylation is 1. The number of hydrogen-bond donors (Lipinski definition) is 1. The van der Waals surface area contributed by atoms with E-state index in [-0.39, 0.29) is 0 Å². The third-order valence-corrected chi connectivity index (χ3v) is 8.22. The van der Waals surface area contributed by atoms with Gasteiger partial charge in [0.05, 0.1) is 26.5 Å². The predicted octanol–water partition coefficient (Wildman–Crippen LogP) is 7.55. The molecule has 1 atom stereocenters. The van der Waals surface area contributed by atoms with Crippen molar-refractivity contribution in [3.05, 3.63) is 89.8 Å². The molecule has 1 unspecified atom stereocenters. The Hall–Kier alpha value is -4.39. The van der Waals surface area contributed by atoms with Crippen LogP contribution in [0.25, 0.3) is 22.6 Å². The smallest absolute Gasteiger partial charge is 0.164 e. The number of hydrogen-bond acceptors (Lipinski definition) is 6. The lowest BCUT2D eigenvalue weighted by atomic mass is 9.87. The van der Waals surface area contributed by atoms with Crippen molar-refractivity contribution in [2.24, 2.45) is 0 Å². The summed E-state index contributed by atoms with van der Waals surface area (Å²) >= 11 is 0. The number of anilines is 1. The number of nitrogens with zero attached hydrogens (tertiary/aromatic N) is 3. The fourth-order valence-corrected chi connectivity index (χ4v) is 5.65. The quantitative estimate of drug-likeness (QED) is 0.175. The monoisotopic (exact) mass is 580 g/mol. The molecular weight excluding hydrogens is 536 g/mol. The Balaban J connectivity index is 1.29. The molecule has 0 fully saturated rings. The van der Waals surface area contributed by atoms with Crippen LogP contribution in [-0.2, 0) is 6.42 Å². The summed E-state index contributed by atoms with van der Waals surface area (Å²) in [5.41, 5.74) is 8.42. The van der Waals surface area contributed by atoms with Crippen LogP contribution in [0.4, 0.5) is 5.69 Å². The molecule has 3 aromatic carbocycles. The van der Waals surface area contributed by atoms with Gasteiger partial charge < -0.3 is 29.0 Å². The van der Waals surface area contributed by atoms with Crippen LogP contribution in [0.2, 0.25) is 0 Å². The van der Waals surface area contributed by atoms with E-state index in [1.165, 1.54) is 22.6 Å². The number of allylic oxidation sites excluding steroid dienone is 2. The number of methoxy groups -OCH3 is 2. The van der Waals surface area contributed by atoms with E-state index >= 15 is 0 Å². The van der Waals surface area contributed by atoms with Gasteiger partial charge in [0, 0.05) is 68.4 Å². The van der Waals surface area contributed by atoms with Gasteiger partial charge in [-0.25, -0.2) is 4.98 Å². The van der Waals surface area contributed by atoms with Gasteiger partial charge in [0.2, 0.25) is 0 Å². The first kappa shape index (κ1) is 30.1. The zero-order chi connectivity index (χ0) is 30.3. The first-order chi connectivity index (χ1) is 20.9. The minimum absolute atomic E-state index is 0.415. The SMILES string of the molecule is COc1ccc(OCCCc2ccc(-c3nc(-c4ccc(N(C)C)cc4)c(C4CC=C(N(C)C)CC4)[nH]3)cc2)cc1OC. The molecule has 1 aromatic heterocycles. The molecule has 0 radical (unpaired) electrons. The van der Waals surface area contributed by atoms with Gasteiger partial charge in [0.25, 0.3) is 0 Å². The summed E-state index contributed by atoms with van der Waals surface area (Å²) in [5.74, 6) is 3.48. The Morgan fingerprint density at radius 3 is 2.19 bits per heavy atom. The van der Waals surface area contributed by atoms with E-state index in [1.54, 1.807) is 14.2 Å². The highest BCUT2D eigenvalue weighted by molar-refractivity contribution is 5.70. The first-order valence-electron chi connectivity index (χ1n) is 15.0. The average Bonchev–Trinajstić information content (AvgIpc) is 3.49. The van der Waals surface area contributed by atoms with Crippen LogP contribution in [0, 0.1) is 0 Å². The lowest BCUT2D eigenvalue weighted by molar-refractivity contribution is 0.305. The summed E-state index contributed by atoms with van der Waals surface area (Å²) in [6, 6.07) is 23.1. The minimum Gasteiger partial charge on any atom is -0.493 e. The normalized spacial score (nSPS) is 14.7. The maximum absolute atomic E-state index is 5.96. The molecule has 1 N–H and O–H groups in total. The highest BCUT2D eigenvalue weighted by Gasteiger charge is 2.24. The number of ether oxygens (including phenoxy) is 3. The fourth-order valence-electron chi connectivity index (χ4n) is 5.65. The number of benzene rings is 3. The molecule has 0 aliphatic heterocycles. The van der Waals surface area contributed by atoms with E-state index in [9.17, 15) is 0 Å². The van der Waals surface area contributed by atoms with Crippen molar-refractivity contribution in [3.63, 3.8) is 0 Å². The van der Waals surface area contributed by atoms with E-state index in [0.717, 1.165) is 60.5 Å². The largest absolute Gasteiger partial charge is 0.493 e. The molecule has 1 aliphatic rings. The molecule has 0 bridgehead atoms. The highest BCUT2D eigenvalue weighted by Crippen LogP contribution is 2.38. The van der Waals surface area contributed by atoms with Crippen LogP contribution in [0.3, 0.4) is 0 Å². The molecule has 1 heterocycles. The first-order valence-corrected chi connectivity index (χ1v) is 15.0. The Kier molecular flexibility index (Phi) is 9.60. The molecule has 0 spiro atoms. The van der Waals surface area contributed by atoms with E-state index in [2.05, 4.69) is 97.6 Å². The second-order valence-corrected chi connectivity index (χ2v) is 11.5. The van der Waals surface area contributed by atoms with Gasteiger partial charge in [-0.05, 0) is 61.9 Å². The van der Waals surface area contributed by atoms with Gasteiger partial charge in [-0.1, -0.05) is 42.5 Å². The number of imidazole rings is 1. The summed E-state index contributed by atoms with van der Waals surface area (Å²) in [5, 5.41) is 0. The standard InChI is InChI=1S/C36H44N4O3/c1-39(2)29-17-13-26(14-18-29)34-35(27-15-19-30(20-16-27)40(3)4)38-36(37-34)28-11-9-25(10-12-28)8-7-23-43-31-21-22-32(41-5)33(24-31)42-6/h9-14,17-19,21-22,24,27H,7-8,15-16,20,23H2,1-6H3,(H,37,38). The lowest BCUT2D eigenvalue weighted by Crippen LogP contribution is -2.16. The van der Waals surface area contributed by atoms with E-state index < -0.39 is 0 Å². The predicted molar refractivity (Wildman–Crippen MR) is 176 cm³/mol. The molecule has 0 saturated heterocycles. The Bertz CT molecular complexity index is 1520. The molecule has 5 rings (SSSR count). The van der Waals surface area contributed by atoms with Gasteiger partial charge >= 0.3 is 0 Å². The molecule has 7 nitrogen and oxygen atoms in total. The summed E-state index contributed by atoms with van der Waals surface area (Å²) < 4.78 is 16.6. The number of aromatic nitrogens is 2. The third kappa shape index (κ3) is 7.16. The Morgan fingerprint density at radius 2 is 1.56 bits per heavy atom. The van der Waals surface area contributed by atoms with Crippen molar-refractivity contribution < 1.29 is 14.2 Å². The maximum atomic E-state index is 5.96. The zero-order valence-electron chi connectivity index (χ0n) is 26.3. The van der Waals surface area contributed by atoms with Gasteiger partial charge in [-0.2, -0.15) is 0 Å². The van der Waals surface area contributed by atoms with Gasteiger partial charge in [-0.15, -0.1) is 0 Å². The van der Waals surface area contributed by atoms with Crippen LogP contribution in [-0.4, -0.2) is 63.9 Å². The molecule has 0 saturated carbocycles. The molecule has 226 valence electrons. The van der Waals surface area contributed by atoms with Crippen molar-refractivity contribution >= 4 is 5.69 Å². The highest BCUT2D eigenvalue weighted by atomic mass is 16.5. The second-order valence-electron chi connectivity index (χ2n) is 11.5. The van der Waals surface area contributed by atoms with E-state index in [0.29, 0.717) is 24.0 Å². The van der Waals surface area contributed by atoms with Crippen molar-refractivity contribution in [2.75, 3.05) is 53.9 Å². The van der Waals surface area contributed by atoms with Crippen LogP contribution in [0.1, 0.15) is 42.9 Å². The molecule has 4 aromatic rings. The van der Waals surface area contributed by atoms with Gasteiger partial charge in [0.1, 0.15) is 11.6 Å². The summed E-state index contributed by atoms with van der Waals surface area (Å²) in [6.07, 6.45) is 7.44. The Labute approximate surface area is 256 Å². The van der Waals surface area contributed by atoms with E-state index in [4.69, 9.17) is 19.2 Å². The molecule has 0 amide bonds. The Morgan fingerprint density at radius 1 is 0.837 bits per heavy atom. The topological polar surface area (TPSA) is 62.9 Å². The van der Waals surface area contributed by atoms with Crippen LogP contribution < -0.4 is 19.1 Å². The van der Waals surface area contributed by atoms with Crippen LogP contribution >= 0.6 is 0 Å². The number of nitrogens with one attached hydrogen (secondary N) is 1. The summed E-state index contributed by atoms with van der Waals surface area (Å²) in [4.78, 5) is 13.3. The van der Waals surface area contributed by atoms with E-state index in [1.807, 2.05) is 18.2 Å². The lowest BCUT2D eigenvalue weighted by Gasteiger charge is -2.26. The number of H-pyrrole nitrogens is 1. The molecular formula is C36H44N4O3. The van der Waals surface area contributed by atoms with Crippen LogP contribution in [0.15, 0.2) is 78.5 Å². The minimum atomic E-state index is 0.415. The molecule has 43 heavy (non-hydrogen) atoms. The van der Waals surface area contributed by atoms with Crippen molar-refractivity contribution in [1.29, 1.82) is 0 Å².